The van der Waals surface area contributed by atoms with Crippen LogP contribution in [0.5, 0.6) is 11.5 Å². The highest BCUT2D eigenvalue weighted by Crippen LogP contribution is 2.28. The zero-order valence-electron chi connectivity index (χ0n) is 15.2. The van der Waals surface area contributed by atoms with Gasteiger partial charge in [-0.1, -0.05) is 24.3 Å². The largest absolute Gasteiger partial charge is 0.493 e. The molecule has 1 amide bonds. The Kier molecular flexibility index (Phi) is 5.56. The topological polar surface area (TPSA) is 55.8 Å². The van der Waals surface area contributed by atoms with Gasteiger partial charge < -0.3 is 14.4 Å². The Morgan fingerprint density at radius 3 is 2.23 bits per heavy atom. The van der Waals surface area contributed by atoms with Gasteiger partial charge in [-0.25, -0.2) is 0 Å². The summed E-state index contributed by atoms with van der Waals surface area (Å²) >= 11 is 0. The zero-order chi connectivity index (χ0) is 18.5. The van der Waals surface area contributed by atoms with E-state index in [2.05, 4.69) is 0 Å². The van der Waals surface area contributed by atoms with Crippen LogP contribution in [0.2, 0.25) is 0 Å². The maximum absolute atomic E-state index is 12.9. The molecule has 0 spiro atoms. The van der Waals surface area contributed by atoms with Crippen LogP contribution in [0.4, 0.5) is 0 Å². The van der Waals surface area contributed by atoms with Crippen molar-refractivity contribution in [3.8, 4) is 11.5 Å². The summed E-state index contributed by atoms with van der Waals surface area (Å²) < 4.78 is 10.5. The Morgan fingerprint density at radius 1 is 0.923 bits per heavy atom. The number of carbonyl (C=O) groups excluding carboxylic acids is 2. The third kappa shape index (κ3) is 3.72. The molecule has 1 saturated heterocycles. The van der Waals surface area contributed by atoms with E-state index in [-0.39, 0.29) is 18.1 Å². The third-order valence-corrected chi connectivity index (χ3v) is 4.66. The number of rotatable bonds is 6. The molecule has 0 saturated carbocycles. The highest BCUT2D eigenvalue weighted by atomic mass is 16.5. The summed E-state index contributed by atoms with van der Waals surface area (Å²) in [5.74, 6) is 1.06. The molecule has 0 aliphatic carbocycles. The molecule has 1 fully saturated rings. The van der Waals surface area contributed by atoms with Crippen LogP contribution in [-0.2, 0) is 6.42 Å². The van der Waals surface area contributed by atoms with E-state index in [1.54, 1.807) is 50.6 Å². The molecule has 0 N–H and O–H groups in total. The predicted octanol–water partition coefficient (Wildman–Crippen LogP) is 3.37. The Morgan fingerprint density at radius 2 is 1.58 bits per heavy atom. The second-order valence-electron chi connectivity index (χ2n) is 6.33. The van der Waals surface area contributed by atoms with Gasteiger partial charge >= 0.3 is 0 Å². The number of Topliss-reactive ketones (excluding diaryl/α,β-unsaturated/α-hetero) is 1. The van der Waals surface area contributed by atoms with Crippen LogP contribution in [0.3, 0.4) is 0 Å². The molecular weight excluding hydrogens is 330 g/mol. The smallest absolute Gasteiger partial charge is 0.254 e. The van der Waals surface area contributed by atoms with E-state index >= 15 is 0 Å². The first-order valence-electron chi connectivity index (χ1n) is 8.76. The first kappa shape index (κ1) is 18.0. The number of carbonyl (C=O) groups is 2. The predicted molar refractivity (Wildman–Crippen MR) is 99.2 cm³/mol. The molecule has 3 rings (SSSR count). The molecule has 5 heteroatoms. The van der Waals surface area contributed by atoms with Crippen LogP contribution >= 0.6 is 0 Å². The minimum absolute atomic E-state index is 0.0567. The number of hydrogen-bond acceptors (Lipinski definition) is 4. The summed E-state index contributed by atoms with van der Waals surface area (Å²) in [6, 6.07) is 12.5. The number of ketones is 1. The molecule has 0 unspecified atom stereocenters. The quantitative estimate of drug-likeness (QED) is 0.747. The fraction of sp³-hybridized carbons (Fsp3) is 0.333. The lowest BCUT2D eigenvalue weighted by Crippen LogP contribution is -2.29. The van der Waals surface area contributed by atoms with Gasteiger partial charge in [-0.3, -0.25) is 9.59 Å². The molecule has 0 radical (unpaired) electrons. The number of hydrogen-bond donors (Lipinski definition) is 0. The molecule has 0 atom stereocenters. The van der Waals surface area contributed by atoms with Gasteiger partial charge in [-0.05, 0) is 36.6 Å². The summed E-state index contributed by atoms with van der Waals surface area (Å²) in [6.45, 7) is 1.52. The monoisotopic (exact) mass is 353 g/mol. The lowest BCUT2D eigenvalue weighted by Gasteiger charge is -2.17. The summed E-state index contributed by atoms with van der Waals surface area (Å²) in [6.07, 6.45) is 2.24. The highest BCUT2D eigenvalue weighted by molar-refractivity contribution is 6.08. The normalized spacial score (nSPS) is 13.5. The van der Waals surface area contributed by atoms with Gasteiger partial charge in [0.1, 0.15) is 0 Å². The molecule has 5 nitrogen and oxygen atoms in total. The van der Waals surface area contributed by atoms with Crippen molar-refractivity contribution in [2.45, 2.75) is 19.3 Å². The van der Waals surface area contributed by atoms with Gasteiger partial charge in [0.25, 0.3) is 5.91 Å². The Bertz CT molecular complexity index is 809. The van der Waals surface area contributed by atoms with Gasteiger partial charge in [-0.15, -0.1) is 0 Å². The van der Waals surface area contributed by atoms with Crippen molar-refractivity contribution in [2.24, 2.45) is 0 Å². The molecule has 1 aliphatic rings. The van der Waals surface area contributed by atoms with Gasteiger partial charge in [0.05, 0.1) is 19.8 Å². The molecule has 2 aromatic carbocycles. The fourth-order valence-electron chi connectivity index (χ4n) is 3.27. The van der Waals surface area contributed by atoms with Gasteiger partial charge in [0, 0.05) is 25.1 Å². The first-order valence-corrected chi connectivity index (χ1v) is 8.76. The van der Waals surface area contributed by atoms with Crippen LogP contribution < -0.4 is 9.47 Å². The van der Waals surface area contributed by atoms with Crippen LogP contribution in [0.25, 0.3) is 0 Å². The fourth-order valence-corrected chi connectivity index (χ4v) is 3.27. The maximum atomic E-state index is 12.9. The van der Waals surface area contributed by atoms with Crippen LogP contribution in [-0.4, -0.2) is 43.9 Å². The Balaban J connectivity index is 1.83. The van der Waals surface area contributed by atoms with Crippen molar-refractivity contribution in [1.29, 1.82) is 0 Å². The summed E-state index contributed by atoms with van der Waals surface area (Å²) in [7, 11) is 3.14. The molecule has 0 bridgehead atoms. The lowest BCUT2D eigenvalue weighted by atomic mass is 9.97. The SMILES string of the molecule is COc1ccc(CC(=O)c2ccccc2C(=O)N2CCCC2)cc1OC. The average Bonchev–Trinajstić information content (AvgIpc) is 3.22. The molecule has 0 aromatic heterocycles. The van der Waals surface area contributed by atoms with E-state index in [9.17, 15) is 9.59 Å². The average molecular weight is 353 g/mol. The Hall–Kier alpha value is -2.82. The second kappa shape index (κ2) is 8.04. The number of benzene rings is 2. The van der Waals surface area contributed by atoms with Crippen LogP contribution in [0, 0.1) is 0 Å². The number of ether oxygens (including phenoxy) is 2. The summed E-state index contributed by atoms with van der Waals surface area (Å²) in [4.78, 5) is 27.4. The van der Waals surface area contributed by atoms with Crippen molar-refractivity contribution in [3.63, 3.8) is 0 Å². The number of nitrogens with zero attached hydrogens (tertiary/aromatic N) is 1. The standard InChI is InChI=1S/C21H23NO4/c1-25-19-10-9-15(14-20(19)26-2)13-18(23)16-7-3-4-8-17(16)21(24)22-11-5-6-12-22/h3-4,7-10,14H,5-6,11-13H2,1-2H3. The molecule has 136 valence electrons. The number of amides is 1. The van der Waals surface area contributed by atoms with E-state index in [4.69, 9.17) is 9.47 Å². The van der Waals surface area contributed by atoms with Crippen LogP contribution in [0.15, 0.2) is 42.5 Å². The third-order valence-electron chi connectivity index (χ3n) is 4.66. The highest BCUT2D eigenvalue weighted by Gasteiger charge is 2.24. The zero-order valence-corrected chi connectivity index (χ0v) is 15.2. The molecule has 1 aliphatic heterocycles. The van der Waals surface area contributed by atoms with E-state index in [0.29, 0.717) is 22.6 Å². The molecule has 1 heterocycles. The van der Waals surface area contributed by atoms with E-state index in [0.717, 1.165) is 31.5 Å². The van der Waals surface area contributed by atoms with Gasteiger partial charge in [0.2, 0.25) is 0 Å². The van der Waals surface area contributed by atoms with Crippen LogP contribution in [0.1, 0.15) is 39.1 Å². The number of methoxy groups -OCH3 is 2. The van der Waals surface area contributed by atoms with Gasteiger partial charge in [0.15, 0.2) is 17.3 Å². The number of likely N-dealkylation sites (tertiary alicyclic amines) is 1. The van der Waals surface area contributed by atoms with E-state index < -0.39 is 0 Å². The summed E-state index contributed by atoms with van der Waals surface area (Å²) in [5, 5.41) is 0. The lowest BCUT2D eigenvalue weighted by molar-refractivity contribution is 0.0786. The van der Waals surface area contributed by atoms with Crippen molar-refractivity contribution in [1.82, 2.24) is 4.90 Å². The summed E-state index contributed by atoms with van der Waals surface area (Å²) in [5.41, 5.74) is 1.77. The minimum atomic E-state index is -0.0830. The van der Waals surface area contributed by atoms with Crippen molar-refractivity contribution in [3.05, 3.63) is 59.2 Å². The minimum Gasteiger partial charge on any atom is -0.493 e. The van der Waals surface area contributed by atoms with E-state index in [1.807, 2.05) is 11.0 Å². The van der Waals surface area contributed by atoms with Crippen molar-refractivity contribution in [2.75, 3.05) is 27.3 Å². The first-order chi connectivity index (χ1) is 12.6. The van der Waals surface area contributed by atoms with E-state index in [1.165, 1.54) is 0 Å². The molecule has 26 heavy (non-hydrogen) atoms. The van der Waals surface area contributed by atoms with Crippen molar-refractivity contribution >= 4 is 11.7 Å². The Labute approximate surface area is 153 Å². The maximum Gasteiger partial charge on any atom is 0.254 e. The van der Waals surface area contributed by atoms with Crippen molar-refractivity contribution < 1.29 is 19.1 Å². The molecule has 2 aromatic rings. The second-order valence-corrected chi connectivity index (χ2v) is 6.33. The van der Waals surface area contributed by atoms with Gasteiger partial charge in [-0.2, -0.15) is 0 Å². The molecular formula is C21H23NO4.